The van der Waals surface area contributed by atoms with Crippen molar-refractivity contribution >= 4 is 38.9 Å². The Morgan fingerprint density at radius 2 is 1.96 bits per heavy atom. The summed E-state index contributed by atoms with van der Waals surface area (Å²) in [5.41, 5.74) is 0.718. The molecule has 1 amide bonds. The van der Waals surface area contributed by atoms with E-state index in [0.29, 0.717) is 18.9 Å². The van der Waals surface area contributed by atoms with E-state index in [1.165, 1.54) is 18.2 Å². The normalized spacial score (nSPS) is 14.9. The van der Waals surface area contributed by atoms with Gasteiger partial charge in [0.25, 0.3) is 5.91 Å². The molecular weight excluding hydrogens is 378 g/mol. The minimum Gasteiger partial charge on any atom is -0.378 e. The standard InChI is InChI=1S/C17H18ClN3O4S/c1-26(23,24)15-10-12(2-4-14(15)18)17(22)20-13-3-5-16(19-11-13)21-6-8-25-9-7-21/h2-5,10-11H,6-9H2,1H3,(H,20,22). The van der Waals surface area contributed by atoms with Gasteiger partial charge in [0, 0.05) is 24.9 Å². The Morgan fingerprint density at radius 1 is 1.23 bits per heavy atom. The summed E-state index contributed by atoms with van der Waals surface area (Å²) < 4.78 is 28.8. The zero-order valence-corrected chi connectivity index (χ0v) is 15.7. The molecule has 1 N–H and O–H groups in total. The number of carbonyl (C=O) groups excluding carboxylic acids is 1. The summed E-state index contributed by atoms with van der Waals surface area (Å²) in [4.78, 5) is 18.8. The van der Waals surface area contributed by atoms with Crippen molar-refractivity contribution in [2.24, 2.45) is 0 Å². The van der Waals surface area contributed by atoms with E-state index >= 15 is 0 Å². The zero-order valence-electron chi connectivity index (χ0n) is 14.1. The summed E-state index contributed by atoms with van der Waals surface area (Å²) in [6.07, 6.45) is 2.61. The van der Waals surface area contributed by atoms with Crippen LogP contribution in [0.5, 0.6) is 0 Å². The first-order chi connectivity index (χ1) is 12.3. The Bertz CT molecular complexity index is 910. The second-order valence-corrected chi connectivity index (χ2v) is 8.27. The average molecular weight is 396 g/mol. The Hall–Kier alpha value is -2.16. The van der Waals surface area contributed by atoms with Crippen LogP contribution in [0.25, 0.3) is 0 Å². The summed E-state index contributed by atoms with van der Waals surface area (Å²) in [5.74, 6) is 0.379. The molecule has 3 rings (SSSR count). The molecule has 0 saturated carbocycles. The Balaban J connectivity index is 1.74. The Kier molecular flexibility index (Phi) is 5.45. The summed E-state index contributed by atoms with van der Waals surface area (Å²) in [6, 6.07) is 7.71. The number of anilines is 2. The molecule has 26 heavy (non-hydrogen) atoms. The fourth-order valence-electron chi connectivity index (χ4n) is 2.57. The van der Waals surface area contributed by atoms with E-state index in [2.05, 4.69) is 15.2 Å². The van der Waals surface area contributed by atoms with Gasteiger partial charge in [0.2, 0.25) is 0 Å². The SMILES string of the molecule is CS(=O)(=O)c1cc(C(=O)Nc2ccc(N3CCOCC3)nc2)ccc1Cl. The topological polar surface area (TPSA) is 88.6 Å². The molecule has 2 aromatic rings. The van der Waals surface area contributed by atoms with Gasteiger partial charge in [-0.05, 0) is 30.3 Å². The van der Waals surface area contributed by atoms with E-state index in [1.807, 2.05) is 6.07 Å². The van der Waals surface area contributed by atoms with Crippen molar-refractivity contribution < 1.29 is 17.9 Å². The number of rotatable bonds is 4. The van der Waals surface area contributed by atoms with Gasteiger partial charge < -0.3 is 15.0 Å². The van der Waals surface area contributed by atoms with Crippen molar-refractivity contribution in [3.8, 4) is 0 Å². The van der Waals surface area contributed by atoms with Gasteiger partial charge in [0.1, 0.15) is 5.82 Å². The second-order valence-electron chi connectivity index (χ2n) is 5.88. The number of morpholine rings is 1. The van der Waals surface area contributed by atoms with Gasteiger partial charge in [-0.2, -0.15) is 0 Å². The Morgan fingerprint density at radius 3 is 2.58 bits per heavy atom. The number of nitrogens with one attached hydrogen (secondary N) is 1. The van der Waals surface area contributed by atoms with Crippen LogP contribution < -0.4 is 10.2 Å². The van der Waals surface area contributed by atoms with E-state index in [9.17, 15) is 13.2 Å². The zero-order chi connectivity index (χ0) is 18.7. The third-order valence-electron chi connectivity index (χ3n) is 3.93. The molecule has 1 aliphatic rings. The van der Waals surface area contributed by atoms with Gasteiger partial charge in [0.15, 0.2) is 9.84 Å². The van der Waals surface area contributed by atoms with Crippen molar-refractivity contribution in [3.63, 3.8) is 0 Å². The lowest BCUT2D eigenvalue weighted by Gasteiger charge is -2.27. The quantitative estimate of drug-likeness (QED) is 0.853. The highest BCUT2D eigenvalue weighted by Gasteiger charge is 2.16. The number of amides is 1. The first kappa shape index (κ1) is 18.6. The average Bonchev–Trinajstić information content (AvgIpc) is 2.62. The predicted octanol–water partition coefficient (Wildman–Crippen LogP) is 2.23. The molecule has 2 heterocycles. The molecule has 1 aromatic carbocycles. The molecule has 0 unspecified atom stereocenters. The fourth-order valence-corrected chi connectivity index (χ4v) is 3.87. The van der Waals surface area contributed by atoms with Crippen molar-refractivity contribution in [3.05, 3.63) is 47.1 Å². The van der Waals surface area contributed by atoms with Crippen molar-refractivity contribution in [2.75, 3.05) is 42.8 Å². The number of hydrogen-bond donors (Lipinski definition) is 1. The molecule has 9 heteroatoms. The van der Waals surface area contributed by atoms with Crippen LogP contribution in [-0.2, 0) is 14.6 Å². The van der Waals surface area contributed by atoms with Crippen molar-refractivity contribution in [2.45, 2.75) is 4.90 Å². The third kappa shape index (κ3) is 4.32. The van der Waals surface area contributed by atoms with Crippen LogP contribution in [0.3, 0.4) is 0 Å². The first-order valence-electron chi connectivity index (χ1n) is 7.94. The highest BCUT2D eigenvalue weighted by Crippen LogP contribution is 2.23. The summed E-state index contributed by atoms with van der Waals surface area (Å²) in [7, 11) is -3.52. The maximum absolute atomic E-state index is 12.4. The van der Waals surface area contributed by atoms with Crippen LogP contribution in [0, 0.1) is 0 Å². The molecule has 138 valence electrons. The van der Waals surface area contributed by atoms with Crippen LogP contribution in [0.1, 0.15) is 10.4 Å². The number of carbonyl (C=O) groups is 1. The van der Waals surface area contributed by atoms with Crippen molar-refractivity contribution in [1.82, 2.24) is 4.98 Å². The molecule has 0 atom stereocenters. The molecular formula is C17H18ClN3O4S. The van der Waals surface area contributed by atoms with E-state index in [1.54, 1.807) is 12.3 Å². The highest BCUT2D eigenvalue weighted by atomic mass is 35.5. The number of benzene rings is 1. The smallest absolute Gasteiger partial charge is 0.255 e. The second kappa shape index (κ2) is 7.61. The van der Waals surface area contributed by atoms with Gasteiger partial charge in [-0.1, -0.05) is 11.6 Å². The number of pyridine rings is 1. The number of sulfone groups is 1. The number of aromatic nitrogens is 1. The summed E-state index contributed by atoms with van der Waals surface area (Å²) in [6.45, 7) is 2.88. The van der Waals surface area contributed by atoms with Gasteiger partial charge in [-0.3, -0.25) is 4.79 Å². The Labute approximate surface area is 156 Å². The van der Waals surface area contributed by atoms with Crippen LogP contribution in [0.15, 0.2) is 41.4 Å². The molecule has 0 bridgehead atoms. The fraction of sp³-hybridized carbons (Fsp3) is 0.294. The van der Waals surface area contributed by atoms with Crippen molar-refractivity contribution in [1.29, 1.82) is 0 Å². The van der Waals surface area contributed by atoms with Gasteiger partial charge in [-0.25, -0.2) is 13.4 Å². The molecule has 0 spiro atoms. The number of halogens is 1. The summed E-state index contributed by atoms with van der Waals surface area (Å²) in [5, 5.41) is 2.79. The largest absolute Gasteiger partial charge is 0.378 e. The summed E-state index contributed by atoms with van der Waals surface area (Å²) >= 11 is 5.90. The minimum absolute atomic E-state index is 0.0763. The maximum atomic E-state index is 12.4. The van der Waals surface area contributed by atoms with Gasteiger partial charge >= 0.3 is 0 Å². The highest BCUT2D eigenvalue weighted by molar-refractivity contribution is 7.90. The minimum atomic E-state index is -3.52. The predicted molar refractivity (Wildman–Crippen MR) is 99.8 cm³/mol. The lowest BCUT2D eigenvalue weighted by atomic mass is 10.2. The molecule has 1 aliphatic heterocycles. The number of ether oxygens (including phenoxy) is 1. The van der Waals surface area contributed by atoms with E-state index in [4.69, 9.17) is 16.3 Å². The van der Waals surface area contributed by atoms with Crippen LogP contribution >= 0.6 is 11.6 Å². The maximum Gasteiger partial charge on any atom is 0.255 e. The van der Waals surface area contributed by atoms with E-state index in [-0.39, 0.29) is 15.5 Å². The molecule has 1 saturated heterocycles. The molecule has 1 fully saturated rings. The lowest BCUT2D eigenvalue weighted by molar-refractivity contribution is 0.102. The van der Waals surface area contributed by atoms with Gasteiger partial charge in [0.05, 0.1) is 35.0 Å². The van der Waals surface area contributed by atoms with Gasteiger partial charge in [-0.15, -0.1) is 0 Å². The van der Waals surface area contributed by atoms with E-state index < -0.39 is 15.7 Å². The number of nitrogens with zero attached hydrogens (tertiary/aromatic N) is 2. The molecule has 1 aromatic heterocycles. The lowest BCUT2D eigenvalue weighted by Crippen LogP contribution is -2.36. The monoisotopic (exact) mass is 395 g/mol. The molecule has 7 nitrogen and oxygen atoms in total. The molecule has 0 radical (unpaired) electrons. The van der Waals surface area contributed by atoms with E-state index in [0.717, 1.165) is 25.2 Å². The van der Waals surface area contributed by atoms with Crippen LogP contribution in [0.4, 0.5) is 11.5 Å². The number of hydrogen-bond acceptors (Lipinski definition) is 6. The third-order valence-corrected chi connectivity index (χ3v) is 5.51. The first-order valence-corrected chi connectivity index (χ1v) is 10.2. The van der Waals surface area contributed by atoms with Crippen LogP contribution in [-0.4, -0.2) is 51.9 Å². The molecule has 0 aliphatic carbocycles. The van der Waals surface area contributed by atoms with Crippen LogP contribution in [0.2, 0.25) is 5.02 Å².